The number of anilines is 1. The Morgan fingerprint density at radius 1 is 1.33 bits per heavy atom. The zero-order chi connectivity index (χ0) is 8.39. The zero-order valence-corrected chi connectivity index (χ0v) is 6.38. The third-order valence-corrected chi connectivity index (χ3v) is 1.66. The molecule has 3 heteroatoms. The van der Waals surface area contributed by atoms with Crippen LogP contribution in [0.4, 0.5) is 5.69 Å². The standard InChI is InChI=1S/C9H8N2O/c12-11-7-2-1-4-8-9(11)5-3-6-10-8/h1-7,12H. The monoisotopic (exact) mass is 160 g/mol. The summed E-state index contributed by atoms with van der Waals surface area (Å²) in [6.45, 7) is 0. The molecule has 2 rings (SSSR count). The summed E-state index contributed by atoms with van der Waals surface area (Å²) in [5.74, 6) is 0. The van der Waals surface area contributed by atoms with Crippen molar-refractivity contribution in [2.75, 3.05) is 5.06 Å². The summed E-state index contributed by atoms with van der Waals surface area (Å²) in [6.07, 6.45) is 8.71. The van der Waals surface area contributed by atoms with Crippen LogP contribution in [0.2, 0.25) is 0 Å². The van der Waals surface area contributed by atoms with Gasteiger partial charge in [0.2, 0.25) is 0 Å². The minimum Gasteiger partial charge on any atom is -0.284 e. The number of rotatable bonds is 0. The Morgan fingerprint density at radius 2 is 2.25 bits per heavy atom. The van der Waals surface area contributed by atoms with E-state index in [0.717, 1.165) is 10.8 Å². The van der Waals surface area contributed by atoms with Gasteiger partial charge in [-0.05, 0) is 24.3 Å². The van der Waals surface area contributed by atoms with Crippen molar-refractivity contribution in [2.45, 2.75) is 0 Å². The van der Waals surface area contributed by atoms with Crippen LogP contribution in [0.25, 0.3) is 6.08 Å². The van der Waals surface area contributed by atoms with Crippen molar-refractivity contribution in [3.05, 3.63) is 42.4 Å². The van der Waals surface area contributed by atoms with E-state index in [9.17, 15) is 5.21 Å². The van der Waals surface area contributed by atoms with Crippen molar-refractivity contribution >= 4 is 11.8 Å². The van der Waals surface area contributed by atoms with E-state index in [2.05, 4.69) is 4.98 Å². The average molecular weight is 160 g/mol. The first kappa shape index (κ1) is 7.06. The summed E-state index contributed by atoms with van der Waals surface area (Å²) in [5.41, 5.74) is 1.47. The van der Waals surface area contributed by atoms with E-state index in [1.54, 1.807) is 24.5 Å². The van der Waals surface area contributed by atoms with E-state index in [1.807, 2.05) is 18.2 Å². The van der Waals surface area contributed by atoms with E-state index in [1.165, 1.54) is 0 Å². The lowest BCUT2D eigenvalue weighted by Crippen LogP contribution is -2.09. The van der Waals surface area contributed by atoms with Gasteiger partial charge >= 0.3 is 0 Å². The Hall–Kier alpha value is -1.61. The summed E-state index contributed by atoms with van der Waals surface area (Å²) in [4.78, 5) is 4.10. The molecule has 0 saturated heterocycles. The first-order valence-corrected chi connectivity index (χ1v) is 3.66. The Bertz CT molecular complexity index is 344. The number of hydrogen-bond donors (Lipinski definition) is 1. The lowest BCUT2D eigenvalue weighted by Gasteiger charge is -2.11. The van der Waals surface area contributed by atoms with Crippen molar-refractivity contribution in [1.82, 2.24) is 4.98 Å². The second-order valence-electron chi connectivity index (χ2n) is 2.45. The number of nitrogens with zero attached hydrogens (tertiary/aromatic N) is 2. The van der Waals surface area contributed by atoms with E-state index >= 15 is 0 Å². The van der Waals surface area contributed by atoms with Crippen LogP contribution < -0.4 is 5.06 Å². The fourth-order valence-corrected chi connectivity index (χ4v) is 1.09. The molecular formula is C9H8N2O. The molecule has 0 spiro atoms. The molecule has 0 amide bonds. The molecule has 0 aromatic carbocycles. The first-order chi connectivity index (χ1) is 5.88. The highest BCUT2D eigenvalue weighted by molar-refractivity contribution is 5.66. The Labute approximate surface area is 70.2 Å². The second-order valence-corrected chi connectivity index (χ2v) is 2.45. The maximum absolute atomic E-state index is 9.41. The number of pyridine rings is 1. The van der Waals surface area contributed by atoms with E-state index in [-0.39, 0.29) is 0 Å². The summed E-state index contributed by atoms with van der Waals surface area (Å²) >= 11 is 0. The molecule has 3 nitrogen and oxygen atoms in total. The third kappa shape index (κ3) is 1.10. The predicted octanol–water partition coefficient (Wildman–Crippen LogP) is 1.82. The van der Waals surface area contributed by atoms with Gasteiger partial charge in [-0.1, -0.05) is 6.08 Å². The van der Waals surface area contributed by atoms with Crippen molar-refractivity contribution in [3.8, 4) is 0 Å². The molecule has 0 atom stereocenters. The number of fused-ring (bicyclic) bond motifs is 1. The normalized spacial score (nSPS) is 14.2. The number of aromatic nitrogens is 1. The number of hydrogen-bond acceptors (Lipinski definition) is 3. The third-order valence-electron chi connectivity index (χ3n) is 1.66. The Balaban J connectivity index is 2.56. The van der Waals surface area contributed by atoms with Gasteiger partial charge in [-0.3, -0.25) is 10.2 Å². The minimum absolute atomic E-state index is 0.697. The molecule has 60 valence electrons. The largest absolute Gasteiger partial charge is 0.284 e. The molecule has 0 fully saturated rings. The summed E-state index contributed by atoms with van der Waals surface area (Å²) in [7, 11) is 0. The van der Waals surface area contributed by atoms with Gasteiger partial charge in [-0.2, -0.15) is 0 Å². The van der Waals surface area contributed by atoms with Gasteiger partial charge in [0.25, 0.3) is 0 Å². The average Bonchev–Trinajstić information content (AvgIpc) is 2.29. The molecule has 12 heavy (non-hydrogen) atoms. The number of hydroxylamine groups is 1. The predicted molar refractivity (Wildman–Crippen MR) is 46.7 cm³/mol. The quantitative estimate of drug-likeness (QED) is 0.628. The van der Waals surface area contributed by atoms with Crippen LogP contribution in [0.3, 0.4) is 0 Å². The smallest absolute Gasteiger partial charge is 0.0942 e. The van der Waals surface area contributed by atoms with E-state index in [4.69, 9.17) is 0 Å². The Kier molecular flexibility index (Phi) is 1.64. The van der Waals surface area contributed by atoms with Crippen LogP contribution in [-0.4, -0.2) is 10.2 Å². The molecule has 0 unspecified atom stereocenters. The molecule has 1 N–H and O–H groups in total. The Morgan fingerprint density at radius 3 is 3.17 bits per heavy atom. The van der Waals surface area contributed by atoms with Crippen LogP contribution in [0.15, 0.2) is 36.7 Å². The summed E-state index contributed by atoms with van der Waals surface area (Å²) < 4.78 is 0. The molecular weight excluding hydrogens is 152 g/mol. The lowest BCUT2D eigenvalue weighted by molar-refractivity contribution is 0.295. The maximum atomic E-state index is 9.41. The highest BCUT2D eigenvalue weighted by Crippen LogP contribution is 2.19. The van der Waals surface area contributed by atoms with Crippen molar-refractivity contribution in [2.24, 2.45) is 0 Å². The van der Waals surface area contributed by atoms with Crippen molar-refractivity contribution in [1.29, 1.82) is 0 Å². The molecule has 1 aromatic heterocycles. The lowest BCUT2D eigenvalue weighted by atomic mass is 10.3. The van der Waals surface area contributed by atoms with Gasteiger partial charge in [0.15, 0.2) is 0 Å². The van der Waals surface area contributed by atoms with Crippen LogP contribution >= 0.6 is 0 Å². The minimum atomic E-state index is 0.697. The van der Waals surface area contributed by atoms with Crippen LogP contribution in [0, 0.1) is 0 Å². The van der Waals surface area contributed by atoms with Gasteiger partial charge in [0.1, 0.15) is 0 Å². The second kappa shape index (κ2) is 2.79. The van der Waals surface area contributed by atoms with Crippen LogP contribution in [0.5, 0.6) is 0 Å². The van der Waals surface area contributed by atoms with E-state index < -0.39 is 0 Å². The SMILES string of the molecule is ON1C=CC=Cc2ncccc21. The molecule has 0 aliphatic carbocycles. The molecule has 0 saturated carbocycles. The van der Waals surface area contributed by atoms with Gasteiger partial charge in [0.05, 0.1) is 11.4 Å². The molecule has 0 bridgehead atoms. The topological polar surface area (TPSA) is 36.4 Å². The molecule has 2 heterocycles. The number of allylic oxidation sites excluding steroid dienone is 2. The highest BCUT2D eigenvalue weighted by atomic mass is 16.5. The molecule has 1 aliphatic heterocycles. The summed E-state index contributed by atoms with van der Waals surface area (Å²) in [5, 5.41) is 10.5. The fraction of sp³-hybridized carbons (Fsp3) is 0. The van der Waals surface area contributed by atoms with Crippen LogP contribution in [-0.2, 0) is 0 Å². The van der Waals surface area contributed by atoms with Crippen LogP contribution in [0.1, 0.15) is 5.69 Å². The highest BCUT2D eigenvalue weighted by Gasteiger charge is 2.05. The zero-order valence-electron chi connectivity index (χ0n) is 6.38. The van der Waals surface area contributed by atoms with E-state index in [0.29, 0.717) is 5.69 Å². The molecule has 1 aliphatic rings. The van der Waals surface area contributed by atoms with Gasteiger partial charge in [-0.25, -0.2) is 5.06 Å². The van der Waals surface area contributed by atoms with Crippen molar-refractivity contribution < 1.29 is 5.21 Å². The van der Waals surface area contributed by atoms with Gasteiger partial charge in [-0.15, -0.1) is 0 Å². The van der Waals surface area contributed by atoms with Crippen molar-refractivity contribution in [3.63, 3.8) is 0 Å². The molecule has 0 radical (unpaired) electrons. The maximum Gasteiger partial charge on any atom is 0.0942 e. The first-order valence-electron chi connectivity index (χ1n) is 3.66. The fourth-order valence-electron chi connectivity index (χ4n) is 1.09. The van der Waals surface area contributed by atoms with Gasteiger partial charge < -0.3 is 0 Å². The summed E-state index contributed by atoms with van der Waals surface area (Å²) in [6, 6.07) is 3.59. The molecule has 1 aromatic rings. The van der Waals surface area contributed by atoms with Gasteiger partial charge in [0, 0.05) is 12.4 Å².